The molecule has 0 unspecified atom stereocenters. The van der Waals surface area contributed by atoms with Gasteiger partial charge in [0.1, 0.15) is 12.4 Å². The monoisotopic (exact) mass is 281 g/mol. The van der Waals surface area contributed by atoms with E-state index in [4.69, 9.17) is 4.74 Å². The molecule has 1 rings (SSSR count). The van der Waals surface area contributed by atoms with Crippen LogP contribution >= 0.6 is 0 Å². The van der Waals surface area contributed by atoms with Crippen molar-refractivity contribution in [1.82, 2.24) is 9.97 Å². The third-order valence-electron chi connectivity index (χ3n) is 2.46. The molecule has 0 aliphatic carbocycles. The number of nitrogens with zero attached hydrogens (tertiary/aromatic N) is 3. The van der Waals surface area contributed by atoms with E-state index in [1.165, 1.54) is 19.5 Å². The molecule has 7 heteroatoms. The minimum atomic E-state index is -0.563. The van der Waals surface area contributed by atoms with E-state index in [0.29, 0.717) is 19.0 Å². The first kappa shape index (κ1) is 15.9. The van der Waals surface area contributed by atoms with Crippen LogP contribution in [0.3, 0.4) is 0 Å². The van der Waals surface area contributed by atoms with E-state index < -0.39 is 5.97 Å². The van der Waals surface area contributed by atoms with Gasteiger partial charge in [-0.3, -0.25) is 9.78 Å². The predicted molar refractivity (Wildman–Crippen MR) is 72.5 cm³/mol. The molecule has 1 aromatic heterocycles. The Hall–Kier alpha value is -2.18. The normalized spacial score (nSPS) is 9.95. The van der Waals surface area contributed by atoms with Crippen molar-refractivity contribution >= 4 is 17.8 Å². The van der Waals surface area contributed by atoms with Crippen LogP contribution in [0.4, 0.5) is 5.82 Å². The van der Waals surface area contributed by atoms with Crippen molar-refractivity contribution in [3.63, 3.8) is 0 Å². The van der Waals surface area contributed by atoms with Crippen molar-refractivity contribution in [2.24, 2.45) is 0 Å². The van der Waals surface area contributed by atoms with Gasteiger partial charge >= 0.3 is 11.9 Å². The van der Waals surface area contributed by atoms with Crippen LogP contribution < -0.4 is 4.90 Å². The Bertz CT molecular complexity index is 465. The Morgan fingerprint density at radius 3 is 2.65 bits per heavy atom. The zero-order valence-corrected chi connectivity index (χ0v) is 12.0. The van der Waals surface area contributed by atoms with E-state index in [1.54, 1.807) is 11.8 Å². The summed E-state index contributed by atoms with van der Waals surface area (Å²) in [6, 6.07) is 0. The summed E-state index contributed by atoms with van der Waals surface area (Å²) in [5, 5.41) is 0. The molecule has 0 N–H and O–H groups in total. The summed E-state index contributed by atoms with van der Waals surface area (Å²) in [4.78, 5) is 32.8. The first-order valence-electron chi connectivity index (χ1n) is 6.43. The van der Waals surface area contributed by atoms with Crippen LogP contribution in [0.15, 0.2) is 12.4 Å². The quantitative estimate of drug-likeness (QED) is 0.691. The van der Waals surface area contributed by atoms with Gasteiger partial charge in [0, 0.05) is 6.54 Å². The van der Waals surface area contributed by atoms with Gasteiger partial charge in [-0.1, -0.05) is 6.92 Å². The maximum atomic E-state index is 11.6. The molecule has 0 aliphatic rings. The number of hydrogen-bond acceptors (Lipinski definition) is 7. The maximum Gasteiger partial charge on any atom is 0.358 e. The highest BCUT2D eigenvalue weighted by Gasteiger charge is 2.16. The number of esters is 2. The Morgan fingerprint density at radius 1 is 1.30 bits per heavy atom. The molecular formula is C13H19N3O4. The van der Waals surface area contributed by atoms with Crippen LogP contribution in [0.2, 0.25) is 0 Å². The number of aromatic nitrogens is 2. The van der Waals surface area contributed by atoms with Crippen molar-refractivity contribution in [1.29, 1.82) is 0 Å². The Balaban J connectivity index is 2.90. The van der Waals surface area contributed by atoms with E-state index in [2.05, 4.69) is 14.7 Å². The molecule has 20 heavy (non-hydrogen) atoms. The van der Waals surface area contributed by atoms with E-state index in [-0.39, 0.29) is 18.2 Å². The number of ether oxygens (including phenoxy) is 2. The summed E-state index contributed by atoms with van der Waals surface area (Å²) in [6.07, 6.45) is 3.65. The second-order valence-electron chi connectivity index (χ2n) is 3.98. The van der Waals surface area contributed by atoms with Crippen molar-refractivity contribution in [2.75, 3.05) is 31.7 Å². The number of hydrogen-bond donors (Lipinski definition) is 0. The average molecular weight is 281 g/mol. The lowest BCUT2D eigenvalue weighted by molar-refractivity contribution is -0.141. The van der Waals surface area contributed by atoms with Crippen molar-refractivity contribution in [3.8, 4) is 0 Å². The van der Waals surface area contributed by atoms with Crippen molar-refractivity contribution in [3.05, 3.63) is 18.1 Å². The first-order chi connectivity index (χ1) is 9.62. The van der Waals surface area contributed by atoms with E-state index >= 15 is 0 Å². The molecular weight excluding hydrogens is 262 g/mol. The lowest BCUT2D eigenvalue weighted by atomic mass is 10.3. The minimum Gasteiger partial charge on any atom is -0.465 e. The molecule has 1 heterocycles. The number of rotatable bonds is 7. The summed E-state index contributed by atoms with van der Waals surface area (Å²) in [5.74, 6) is -0.457. The number of methoxy groups -OCH3 is 1. The molecule has 0 amide bonds. The lowest BCUT2D eigenvalue weighted by Crippen LogP contribution is -2.32. The molecule has 0 fully saturated rings. The molecule has 0 aliphatic heterocycles. The Morgan fingerprint density at radius 2 is 2.05 bits per heavy atom. The average Bonchev–Trinajstić information content (AvgIpc) is 2.46. The van der Waals surface area contributed by atoms with E-state index in [0.717, 1.165) is 6.42 Å². The van der Waals surface area contributed by atoms with Crippen molar-refractivity contribution in [2.45, 2.75) is 20.3 Å². The highest BCUT2D eigenvalue weighted by Crippen LogP contribution is 2.11. The van der Waals surface area contributed by atoms with Crippen LogP contribution in [0.5, 0.6) is 0 Å². The van der Waals surface area contributed by atoms with Crippen LogP contribution in [0.25, 0.3) is 0 Å². The molecule has 0 atom stereocenters. The topological polar surface area (TPSA) is 81.6 Å². The van der Waals surface area contributed by atoms with Gasteiger partial charge < -0.3 is 14.4 Å². The van der Waals surface area contributed by atoms with Gasteiger partial charge in [0.2, 0.25) is 0 Å². The molecule has 1 aromatic rings. The van der Waals surface area contributed by atoms with E-state index in [9.17, 15) is 9.59 Å². The zero-order valence-electron chi connectivity index (χ0n) is 12.0. The molecule has 7 nitrogen and oxygen atoms in total. The van der Waals surface area contributed by atoms with Crippen LogP contribution in [-0.2, 0) is 14.3 Å². The fourth-order valence-corrected chi connectivity index (χ4v) is 1.62. The van der Waals surface area contributed by atoms with E-state index in [1.807, 2.05) is 6.92 Å². The molecule has 0 saturated heterocycles. The van der Waals surface area contributed by atoms with Crippen LogP contribution in [-0.4, -0.2) is 48.7 Å². The van der Waals surface area contributed by atoms with Gasteiger partial charge in [0.25, 0.3) is 0 Å². The number of carbonyl (C=O) groups excluding carboxylic acids is 2. The Kier molecular flexibility index (Phi) is 6.42. The fourth-order valence-electron chi connectivity index (χ4n) is 1.62. The molecule has 110 valence electrons. The fraction of sp³-hybridized carbons (Fsp3) is 0.538. The summed E-state index contributed by atoms with van der Waals surface area (Å²) < 4.78 is 9.52. The minimum absolute atomic E-state index is 0.0704. The smallest absolute Gasteiger partial charge is 0.358 e. The highest BCUT2D eigenvalue weighted by molar-refractivity contribution is 5.87. The van der Waals surface area contributed by atoms with Gasteiger partial charge in [-0.2, -0.15) is 0 Å². The molecule has 0 spiro atoms. The molecule has 0 bridgehead atoms. The molecule has 0 saturated carbocycles. The Labute approximate surface area is 117 Å². The third-order valence-corrected chi connectivity index (χ3v) is 2.46. The predicted octanol–water partition coefficient (Wildman–Crippen LogP) is 1.04. The lowest BCUT2D eigenvalue weighted by Gasteiger charge is -2.21. The standard InChI is InChI=1S/C13H19N3O4/c1-4-6-16(9-12(17)20-5-2)11-8-14-7-10(15-11)13(18)19-3/h7-8H,4-6,9H2,1-3H3. The zero-order chi connectivity index (χ0) is 15.0. The summed E-state index contributed by atoms with van der Waals surface area (Å²) >= 11 is 0. The van der Waals surface area contributed by atoms with Gasteiger partial charge in [-0.05, 0) is 13.3 Å². The van der Waals surface area contributed by atoms with Gasteiger partial charge in [-0.25, -0.2) is 9.78 Å². The van der Waals surface area contributed by atoms with Gasteiger partial charge in [0.05, 0.1) is 26.1 Å². The first-order valence-corrected chi connectivity index (χ1v) is 6.43. The van der Waals surface area contributed by atoms with Crippen LogP contribution in [0.1, 0.15) is 30.8 Å². The largest absolute Gasteiger partial charge is 0.465 e. The summed E-state index contributed by atoms with van der Waals surface area (Å²) in [7, 11) is 1.28. The summed E-state index contributed by atoms with van der Waals surface area (Å²) in [5.41, 5.74) is 0.106. The molecule has 0 radical (unpaired) electrons. The second-order valence-corrected chi connectivity index (χ2v) is 3.98. The SMILES string of the molecule is CCCN(CC(=O)OCC)c1cncc(C(=O)OC)n1. The summed E-state index contributed by atoms with van der Waals surface area (Å²) in [6.45, 7) is 4.74. The van der Waals surface area contributed by atoms with Crippen molar-refractivity contribution < 1.29 is 19.1 Å². The number of anilines is 1. The second kappa shape index (κ2) is 8.08. The maximum absolute atomic E-state index is 11.6. The molecule has 0 aromatic carbocycles. The van der Waals surface area contributed by atoms with Gasteiger partial charge in [-0.15, -0.1) is 0 Å². The number of carbonyl (C=O) groups is 2. The van der Waals surface area contributed by atoms with Crippen LogP contribution in [0, 0.1) is 0 Å². The van der Waals surface area contributed by atoms with Gasteiger partial charge in [0.15, 0.2) is 5.69 Å². The third kappa shape index (κ3) is 4.49. The highest BCUT2D eigenvalue weighted by atomic mass is 16.5.